The summed E-state index contributed by atoms with van der Waals surface area (Å²) in [5.74, 6) is -0.891. The van der Waals surface area contributed by atoms with E-state index < -0.39 is 23.7 Å². The van der Waals surface area contributed by atoms with Crippen molar-refractivity contribution in [2.24, 2.45) is 5.92 Å². The first-order valence-electron chi connectivity index (χ1n) is 9.95. The predicted octanol–water partition coefficient (Wildman–Crippen LogP) is 4.39. The van der Waals surface area contributed by atoms with Gasteiger partial charge in [-0.05, 0) is 57.6 Å². The Balaban J connectivity index is 1.86. The van der Waals surface area contributed by atoms with Gasteiger partial charge < -0.3 is 19.2 Å². The first-order valence-corrected chi connectivity index (χ1v) is 10.3. The van der Waals surface area contributed by atoms with Gasteiger partial charge in [0.05, 0.1) is 5.02 Å². The van der Waals surface area contributed by atoms with Crippen LogP contribution in [-0.4, -0.2) is 23.7 Å². The number of alkyl carbamates (subject to hydrolysis) is 1. The van der Waals surface area contributed by atoms with Crippen molar-refractivity contribution < 1.29 is 23.5 Å². The van der Waals surface area contributed by atoms with E-state index in [0.29, 0.717) is 17.6 Å². The topological polar surface area (TPSA) is 94.8 Å². The number of aryl methyl sites for hydroxylation is 1. The van der Waals surface area contributed by atoms with Gasteiger partial charge in [0, 0.05) is 17.0 Å². The lowest BCUT2D eigenvalue weighted by molar-refractivity contribution is -0.137. The molecule has 0 bridgehead atoms. The van der Waals surface area contributed by atoms with E-state index in [9.17, 15) is 14.4 Å². The average molecular weight is 436 g/mol. The summed E-state index contributed by atoms with van der Waals surface area (Å²) in [5, 5.41) is 3.51. The van der Waals surface area contributed by atoms with Crippen LogP contribution >= 0.6 is 11.6 Å². The van der Waals surface area contributed by atoms with E-state index in [0.717, 1.165) is 23.8 Å². The molecular weight excluding hydrogens is 410 g/mol. The standard InChI is InChI=1S/C22H26ClNO6/c1-11(2)18(24-21(27)30-22(3,4)5)20(26)29-17-10-16-14(9-15(17)23)12-7-6-8-13(12)19(25)28-16/h9-11,18H,6-8H2,1-5H3,(H,24,27)/t18-/m1/s1. The first-order chi connectivity index (χ1) is 14.0. The molecule has 8 heteroatoms. The molecule has 162 valence electrons. The Morgan fingerprint density at radius 1 is 1.17 bits per heavy atom. The largest absolute Gasteiger partial charge is 0.444 e. The van der Waals surface area contributed by atoms with Gasteiger partial charge in [-0.15, -0.1) is 0 Å². The maximum Gasteiger partial charge on any atom is 0.408 e. The Labute approximate surface area is 179 Å². The second-order valence-corrected chi connectivity index (χ2v) is 9.18. The maximum atomic E-state index is 12.8. The van der Waals surface area contributed by atoms with Gasteiger partial charge in [-0.2, -0.15) is 0 Å². The highest BCUT2D eigenvalue weighted by molar-refractivity contribution is 6.33. The van der Waals surface area contributed by atoms with Crippen LogP contribution in [0.3, 0.4) is 0 Å². The van der Waals surface area contributed by atoms with Crippen molar-refractivity contribution in [3.8, 4) is 5.75 Å². The molecule has 3 rings (SSSR count). The van der Waals surface area contributed by atoms with Gasteiger partial charge in [-0.25, -0.2) is 14.4 Å². The molecule has 1 aliphatic rings. The summed E-state index contributed by atoms with van der Waals surface area (Å²) in [5.41, 5.74) is 0.863. The fourth-order valence-corrected chi connectivity index (χ4v) is 3.67. The zero-order valence-corrected chi connectivity index (χ0v) is 18.5. The molecule has 1 heterocycles. The summed E-state index contributed by atoms with van der Waals surface area (Å²) in [6.07, 6.45) is 1.64. The number of carbonyl (C=O) groups excluding carboxylic acids is 2. The second-order valence-electron chi connectivity index (χ2n) is 8.77. The minimum Gasteiger partial charge on any atom is -0.444 e. The minimum absolute atomic E-state index is 0.0619. The summed E-state index contributed by atoms with van der Waals surface area (Å²) >= 11 is 6.36. The fourth-order valence-electron chi connectivity index (χ4n) is 3.47. The Bertz CT molecular complexity index is 1050. The van der Waals surface area contributed by atoms with Gasteiger partial charge >= 0.3 is 17.7 Å². The Kier molecular flexibility index (Phi) is 6.13. The van der Waals surface area contributed by atoms with E-state index in [1.54, 1.807) is 40.7 Å². The monoisotopic (exact) mass is 435 g/mol. The molecule has 0 saturated carbocycles. The van der Waals surface area contributed by atoms with E-state index in [2.05, 4.69) is 5.32 Å². The van der Waals surface area contributed by atoms with E-state index >= 15 is 0 Å². The number of amides is 1. The molecule has 2 aromatic rings. The number of hydrogen-bond donors (Lipinski definition) is 1. The summed E-state index contributed by atoms with van der Waals surface area (Å²) in [6.45, 7) is 8.74. The average Bonchev–Trinajstić information content (AvgIpc) is 3.10. The molecule has 0 spiro atoms. The van der Waals surface area contributed by atoms with Crippen LogP contribution in [0.2, 0.25) is 5.02 Å². The molecule has 0 fully saturated rings. The Morgan fingerprint density at radius 2 is 1.83 bits per heavy atom. The number of esters is 1. The number of nitrogens with one attached hydrogen (secondary N) is 1. The Hall–Kier alpha value is -2.54. The van der Waals surface area contributed by atoms with Crippen LogP contribution in [0.15, 0.2) is 21.3 Å². The van der Waals surface area contributed by atoms with E-state index in [4.69, 9.17) is 25.5 Å². The molecule has 1 amide bonds. The molecule has 0 saturated heterocycles. The molecule has 1 N–H and O–H groups in total. The Morgan fingerprint density at radius 3 is 2.47 bits per heavy atom. The molecule has 30 heavy (non-hydrogen) atoms. The molecule has 0 aliphatic heterocycles. The van der Waals surface area contributed by atoms with E-state index in [1.807, 2.05) is 0 Å². The number of fused-ring (bicyclic) bond motifs is 3. The van der Waals surface area contributed by atoms with Crippen LogP contribution in [0.25, 0.3) is 11.0 Å². The van der Waals surface area contributed by atoms with Crippen molar-refractivity contribution in [1.82, 2.24) is 5.32 Å². The lowest BCUT2D eigenvalue weighted by Gasteiger charge is -2.24. The van der Waals surface area contributed by atoms with E-state index in [1.165, 1.54) is 6.07 Å². The maximum absolute atomic E-state index is 12.8. The summed E-state index contributed by atoms with van der Waals surface area (Å²) < 4.78 is 16.1. The lowest BCUT2D eigenvalue weighted by Crippen LogP contribution is -2.48. The van der Waals surface area contributed by atoms with Gasteiger partial charge in [-0.1, -0.05) is 25.4 Å². The van der Waals surface area contributed by atoms with Crippen LogP contribution in [0.5, 0.6) is 5.75 Å². The molecule has 7 nitrogen and oxygen atoms in total. The van der Waals surface area contributed by atoms with Crippen LogP contribution < -0.4 is 15.7 Å². The van der Waals surface area contributed by atoms with Crippen molar-refractivity contribution in [2.45, 2.75) is 65.5 Å². The second kappa shape index (κ2) is 8.30. The molecule has 0 radical (unpaired) electrons. The molecule has 1 atom stereocenters. The highest BCUT2D eigenvalue weighted by Crippen LogP contribution is 2.35. The highest BCUT2D eigenvalue weighted by Gasteiger charge is 2.29. The molecule has 0 unspecified atom stereocenters. The van der Waals surface area contributed by atoms with Crippen molar-refractivity contribution >= 4 is 34.6 Å². The predicted molar refractivity (Wildman–Crippen MR) is 113 cm³/mol. The zero-order valence-electron chi connectivity index (χ0n) is 17.8. The molecular formula is C22H26ClNO6. The van der Waals surface area contributed by atoms with Crippen molar-refractivity contribution in [3.05, 3.63) is 38.7 Å². The number of benzene rings is 1. The number of carbonyl (C=O) groups is 2. The number of halogens is 1. The zero-order chi connectivity index (χ0) is 22.2. The smallest absolute Gasteiger partial charge is 0.408 e. The van der Waals surface area contributed by atoms with Gasteiger partial charge in [0.2, 0.25) is 0 Å². The number of ether oxygens (including phenoxy) is 2. The van der Waals surface area contributed by atoms with Crippen LogP contribution in [0.1, 0.15) is 52.2 Å². The van der Waals surface area contributed by atoms with E-state index in [-0.39, 0.29) is 22.3 Å². The highest BCUT2D eigenvalue weighted by atomic mass is 35.5. The third-order valence-corrected chi connectivity index (χ3v) is 5.12. The summed E-state index contributed by atoms with van der Waals surface area (Å²) in [7, 11) is 0. The number of hydrogen-bond acceptors (Lipinski definition) is 6. The number of rotatable bonds is 4. The fraction of sp³-hybridized carbons (Fsp3) is 0.500. The van der Waals surface area contributed by atoms with Crippen molar-refractivity contribution in [1.29, 1.82) is 0 Å². The van der Waals surface area contributed by atoms with Gasteiger partial charge in [-0.3, -0.25) is 0 Å². The van der Waals surface area contributed by atoms with Crippen LogP contribution in [0.4, 0.5) is 4.79 Å². The molecule has 1 aromatic heterocycles. The summed E-state index contributed by atoms with van der Waals surface area (Å²) in [4.78, 5) is 37.1. The van der Waals surface area contributed by atoms with Gasteiger partial charge in [0.25, 0.3) is 0 Å². The minimum atomic E-state index is -0.946. The summed E-state index contributed by atoms with van der Waals surface area (Å²) in [6, 6.07) is 2.15. The van der Waals surface area contributed by atoms with Gasteiger partial charge in [0.1, 0.15) is 17.2 Å². The lowest BCUT2D eigenvalue weighted by atomic mass is 10.0. The third kappa shape index (κ3) is 4.78. The SMILES string of the molecule is CC(C)[C@@H](NC(=O)OC(C)(C)C)C(=O)Oc1cc2oc(=O)c3c(c2cc1Cl)CCC3. The van der Waals surface area contributed by atoms with Crippen LogP contribution in [-0.2, 0) is 22.4 Å². The molecule has 1 aliphatic carbocycles. The third-order valence-electron chi connectivity index (χ3n) is 4.83. The quantitative estimate of drug-likeness (QED) is 0.434. The normalized spacial score (nSPS) is 14.5. The molecule has 1 aromatic carbocycles. The van der Waals surface area contributed by atoms with Gasteiger partial charge in [0.15, 0.2) is 5.75 Å². The van der Waals surface area contributed by atoms with Crippen LogP contribution in [0, 0.1) is 5.92 Å². The van der Waals surface area contributed by atoms with Crippen molar-refractivity contribution in [2.75, 3.05) is 0 Å². The van der Waals surface area contributed by atoms with Crippen molar-refractivity contribution in [3.63, 3.8) is 0 Å². The first kappa shape index (κ1) is 22.2.